The molecule has 0 spiro atoms. The minimum Gasteiger partial charge on any atom is -0.495 e. The number of amides is 2. The summed E-state index contributed by atoms with van der Waals surface area (Å²) in [5.41, 5.74) is 10.7. The number of halogens is 1. The number of aromatic nitrogens is 3. The predicted octanol–water partition coefficient (Wildman–Crippen LogP) is 5.43. The predicted molar refractivity (Wildman–Crippen MR) is 182 cm³/mol. The largest absolute Gasteiger partial charge is 0.495 e. The second-order valence-corrected chi connectivity index (χ2v) is 12.5. The number of hydrogen-bond acceptors (Lipinski definition) is 8. The number of nitrogens with one attached hydrogen (secondary N) is 2. The van der Waals surface area contributed by atoms with Crippen LogP contribution in [-0.2, 0) is 9.59 Å². The second kappa shape index (κ2) is 14.7. The molecule has 0 saturated carbocycles. The first-order chi connectivity index (χ1) is 22.2. The highest BCUT2D eigenvalue weighted by atomic mass is 35.5. The number of fused-ring (bicyclic) bond motifs is 3. The maximum absolute atomic E-state index is 13.2. The van der Waals surface area contributed by atoms with Crippen molar-refractivity contribution in [3.05, 3.63) is 86.3 Å². The average Bonchev–Trinajstić information content (AvgIpc) is 3.52. The van der Waals surface area contributed by atoms with E-state index in [1.807, 2.05) is 35.8 Å². The Morgan fingerprint density at radius 2 is 1.87 bits per heavy atom. The van der Waals surface area contributed by atoms with Crippen LogP contribution in [0.2, 0.25) is 5.02 Å². The zero-order valence-corrected chi connectivity index (χ0v) is 27.8. The van der Waals surface area contributed by atoms with Gasteiger partial charge in [0, 0.05) is 45.7 Å². The van der Waals surface area contributed by atoms with E-state index in [1.165, 1.54) is 4.88 Å². The number of ether oxygens (including phenoxy) is 1. The number of carbonyl (C=O) groups is 2. The van der Waals surface area contributed by atoms with Gasteiger partial charge in [-0.1, -0.05) is 35.6 Å². The Morgan fingerprint density at radius 3 is 2.61 bits per heavy atom. The van der Waals surface area contributed by atoms with Crippen molar-refractivity contribution in [3.8, 4) is 22.6 Å². The normalized spacial score (nSPS) is 13.4. The lowest BCUT2D eigenvalue weighted by Gasteiger charge is -2.13. The van der Waals surface area contributed by atoms with Gasteiger partial charge in [0.1, 0.15) is 22.6 Å². The number of aryl methyl sites for hydroxylation is 2. The SMILES string of the molecule is COc1cc(NC(=O)CCCCNC(=O)C[C@@H]2N=C(c3ccc(Cl)cc3)c3c(sc(C)c3C)-n3c(C)nnc32)ccc1C#CCN. The van der Waals surface area contributed by atoms with E-state index < -0.39 is 6.04 Å². The molecule has 3 heterocycles. The van der Waals surface area contributed by atoms with E-state index in [0.29, 0.717) is 53.7 Å². The van der Waals surface area contributed by atoms with Crippen molar-refractivity contribution in [2.24, 2.45) is 10.7 Å². The maximum Gasteiger partial charge on any atom is 0.224 e. The third-order valence-electron chi connectivity index (χ3n) is 7.70. The molecule has 0 saturated heterocycles. The van der Waals surface area contributed by atoms with Gasteiger partial charge >= 0.3 is 0 Å². The van der Waals surface area contributed by atoms with Crippen molar-refractivity contribution >= 4 is 46.2 Å². The summed E-state index contributed by atoms with van der Waals surface area (Å²) in [6, 6.07) is 12.4. The van der Waals surface area contributed by atoms with Gasteiger partial charge in [-0.15, -0.1) is 21.5 Å². The van der Waals surface area contributed by atoms with Crippen LogP contribution in [0.3, 0.4) is 0 Å². The molecule has 12 heteroatoms. The zero-order valence-electron chi connectivity index (χ0n) is 26.2. The lowest BCUT2D eigenvalue weighted by Crippen LogP contribution is -2.26. The fourth-order valence-electron chi connectivity index (χ4n) is 5.26. The number of nitrogens with zero attached hydrogens (tertiary/aromatic N) is 4. The summed E-state index contributed by atoms with van der Waals surface area (Å²) in [4.78, 5) is 32.1. The molecule has 2 aromatic heterocycles. The Morgan fingerprint density at radius 1 is 1.09 bits per heavy atom. The van der Waals surface area contributed by atoms with Crippen LogP contribution in [0.25, 0.3) is 5.00 Å². The van der Waals surface area contributed by atoms with Gasteiger partial charge in [0.05, 0.1) is 31.4 Å². The van der Waals surface area contributed by atoms with Crippen LogP contribution in [0.15, 0.2) is 47.5 Å². The fraction of sp³-hybridized carbons (Fsp3) is 0.324. The number of aliphatic imine (C=N–C) groups is 1. The van der Waals surface area contributed by atoms with E-state index >= 15 is 0 Å². The lowest BCUT2D eigenvalue weighted by molar-refractivity contribution is -0.121. The molecule has 2 amide bonds. The van der Waals surface area contributed by atoms with E-state index in [4.69, 9.17) is 27.1 Å². The third kappa shape index (κ3) is 7.31. The molecule has 0 bridgehead atoms. The van der Waals surface area contributed by atoms with Gasteiger partial charge in [-0.3, -0.25) is 19.1 Å². The van der Waals surface area contributed by atoms with E-state index in [0.717, 1.165) is 33.2 Å². The van der Waals surface area contributed by atoms with Crippen molar-refractivity contribution in [1.29, 1.82) is 0 Å². The van der Waals surface area contributed by atoms with Crippen molar-refractivity contribution < 1.29 is 14.3 Å². The van der Waals surface area contributed by atoms with Gasteiger partial charge < -0.3 is 21.1 Å². The first-order valence-corrected chi connectivity index (χ1v) is 16.2. The van der Waals surface area contributed by atoms with Gasteiger partial charge in [0.25, 0.3) is 0 Å². The van der Waals surface area contributed by atoms with Crippen molar-refractivity contribution in [3.63, 3.8) is 0 Å². The highest BCUT2D eigenvalue weighted by Gasteiger charge is 2.32. The van der Waals surface area contributed by atoms with Crippen molar-refractivity contribution in [2.45, 2.75) is 52.5 Å². The summed E-state index contributed by atoms with van der Waals surface area (Å²) in [6.07, 6.45) is 1.67. The molecule has 238 valence electrons. The smallest absolute Gasteiger partial charge is 0.224 e. The molecule has 4 aromatic rings. The van der Waals surface area contributed by atoms with Crippen LogP contribution in [0, 0.1) is 32.6 Å². The van der Waals surface area contributed by atoms with Crippen LogP contribution in [-0.4, -0.2) is 52.5 Å². The van der Waals surface area contributed by atoms with Crippen LogP contribution < -0.4 is 21.1 Å². The zero-order chi connectivity index (χ0) is 32.8. The van der Waals surface area contributed by atoms with E-state index in [-0.39, 0.29) is 24.8 Å². The van der Waals surface area contributed by atoms with Gasteiger partial charge in [-0.05, 0) is 63.4 Å². The van der Waals surface area contributed by atoms with E-state index in [2.05, 4.69) is 46.5 Å². The number of carbonyl (C=O) groups excluding carboxylic acids is 2. The van der Waals surface area contributed by atoms with Gasteiger partial charge in [-0.2, -0.15) is 0 Å². The average molecular weight is 658 g/mol. The summed E-state index contributed by atoms with van der Waals surface area (Å²) in [7, 11) is 1.55. The van der Waals surface area contributed by atoms with Crippen molar-refractivity contribution in [2.75, 3.05) is 25.5 Å². The summed E-state index contributed by atoms with van der Waals surface area (Å²) in [5, 5.41) is 16.3. The molecule has 46 heavy (non-hydrogen) atoms. The number of methoxy groups -OCH3 is 1. The molecule has 0 fully saturated rings. The standard InChI is InChI=1S/C34H36ClN7O3S/c1-20-21(2)46-34-31(20)32(24-10-13-25(35)14-11-24)39-27(33-41-40-22(3)42(33)34)19-30(44)37-17-6-5-9-29(43)38-26-15-12-23(8-7-16-36)28(18-26)45-4/h10-15,18,27H,5-6,9,16-17,19,36H2,1-4H3,(H,37,44)(H,38,43)/t27-/m0/s1. The van der Waals surface area contributed by atoms with Crippen molar-refractivity contribution in [1.82, 2.24) is 20.1 Å². The Hall–Kier alpha value is -4.50. The van der Waals surface area contributed by atoms with E-state index in [1.54, 1.807) is 36.6 Å². The Kier molecular flexibility index (Phi) is 10.5. The topological polar surface area (TPSA) is 137 Å². The Bertz CT molecular complexity index is 1850. The molecule has 5 rings (SSSR count). The summed E-state index contributed by atoms with van der Waals surface area (Å²) >= 11 is 7.87. The number of unbranched alkanes of at least 4 members (excludes halogenated alkanes) is 1. The quantitative estimate of drug-likeness (QED) is 0.154. The molecule has 0 aliphatic carbocycles. The summed E-state index contributed by atoms with van der Waals surface area (Å²) in [5.74, 6) is 7.41. The molecule has 1 aliphatic rings. The molecule has 2 aromatic carbocycles. The second-order valence-electron chi connectivity index (χ2n) is 10.9. The van der Waals surface area contributed by atoms with Gasteiger partial charge in [0.15, 0.2) is 5.82 Å². The molecule has 1 atom stereocenters. The van der Waals surface area contributed by atoms with Crippen LogP contribution in [0.4, 0.5) is 5.69 Å². The summed E-state index contributed by atoms with van der Waals surface area (Å²) < 4.78 is 7.41. The third-order valence-corrected chi connectivity index (χ3v) is 9.14. The number of rotatable bonds is 10. The van der Waals surface area contributed by atoms with Crippen LogP contribution >= 0.6 is 22.9 Å². The maximum atomic E-state index is 13.2. The molecule has 10 nitrogen and oxygen atoms in total. The summed E-state index contributed by atoms with van der Waals surface area (Å²) in [6.45, 7) is 6.79. The van der Waals surface area contributed by atoms with Crippen LogP contribution in [0.5, 0.6) is 5.75 Å². The Labute approximate surface area is 277 Å². The molecule has 0 unspecified atom stereocenters. The number of benzene rings is 2. The minimum atomic E-state index is -0.540. The molecular weight excluding hydrogens is 622 g/mol. The first-order valence-electron chi connectivity index (χ1n) is 15.0. The number of anilines is 1. The fourth-order valence-corrected chi connectivity index (χ4v) is 6.60. The lowest BCUT2D eigenvalue weighted by atomic mass is 9.99. The molecule has 1 aliphatic heterocycles. The number of hydrogen-bond donors (Lipinski definition) is 3. The van der Waals surface area contributed by atoms with Crippen LogP contribution in [0.1, 0.15) is 70.5 Å². The van der Waals surface area contributed by atoms with Gasteiger partial charge in [-0.25, -0.2) is 0 Å². The van der Waals surface area contributed by atoms with E-state index in [9.17, 15) is 9.59 Å². The monoisotopic (exact) mass is 657 g/mol. The van der Waals surface area contributed by atoms with Gasteiger partial charge in [0.2, 0.25) is 11.8 Å². The highest BCUT2D eigenvalue weighted by molar-refractivity contribution is 7.15. The Balaban J connectivity index is 1.21. The molecule has 4 N–H and O–H groups in total. The minimum absolute atomic E-state index is 0.107. The number of nitrogens with two attached hydrogens (primary N) is 1. The first kappa shape index (κ1) is 32.9. The molecule has 0 radical (unpaired) electrons. The highest BCUT2D eigenvalue weighted by Crippen LogP contribution is 2.39. The number of thiophene rings is 1. The molecular formula is C34H36ClN7O3S.